The highest BCUT2D eigenvalue weighted by atomic mass is 16.5. The Morgan fingerprint density at radius 3 is 2.50 bits per heavy atom. The molecule has 0 atom stereocenters. The Balaban J connectivity index is 3.08. The number of benzene rings is 1. The standard InChI is InChI=1S/C13H16O3/c1-5-12(15)16-11-7-9(13(2,3)4)6-10(14)8-11/h5-8,14H,1H2,2-4H3. The molecule has 0 aliphatic carbocycles. The van der Waals surface area contributed by atoms with Crippen LogP contribution in [0.2, 0.25) is 0 Å². The lowest BCUT2D eigenvalue weighted by Crippen LogP contribution is -2.11. The van der Waals surface area contributed by atoms with Crippen LogP contribution in [0.4, 0.5) is 0 Å². The number of phenols is 1. The molecule has 0 spiro atoms. The maximum Gasteiger partial charge on any atom is 0.335 e. The Morgan fingerprint density at radius 1 is 1.38 bits per heavy atom. The SMILES string of the molecule is C=CC(=O)Oc1cc(O)cc(C(C)(C)C)c1. The largest absolute Gasteiger partial charge is 0.508 e. The number of phenolic OH excluding ortho intramolecular Hbond substituents is 1. The topological polar surface area (TPSA) is 46.5 Å². The van der Waals surface area contributed by atoms with Gasteiger partial charge in [-0.3, -0.25) is 0 Å². The quantitative estimate of drug-likeness (QED) is 0.473. The van der Waals surface area contributed by atoms with Gasteiger partial charge in [0, 0.05) is 12.1 Å². The van der Waals surface area contributed by atoms with Crippen molar-refractivity contribution in [1.29, 1.82) is 0 Å². The second-order valence-corrected chi connectivity index (χ2v) is 4.59. The van der Waals surface area contributed by atoms with Crippen molar-refractivity contribution in [3.05, 3.63) is 36.4 Å². The lowest BCUT2D eigenvalue weighted by Gasteiger charge is -2.19. The number of hydrogen-bond acceptors (Lipinski definition) is 3. The second-order valence-electron chi connectivity index (χ2n) is 4.59. The van der Waals surface area contributed by atoms with E-state index in [0.717, 1.165) is 11.6 Å². The van der Waals surface area contributed by atoms with Crippen molar-refractivity contribution >= 4 is 5.97 Å². The van der Waals surface area contributed by atoms with Crippen molar-refractivity contribution < 1.29 is 14.6 Å². The van der Waals surface area contributed by atoms with Crippen LogP contribution in [0.1, 0.15) is 26.3 Å². The van der Waals surface area contributed by atoms with E-state index in [4.69, 9.17) is 4.74 Å². The first-order valence-corrected chi connectivity index (χ1v) is 5.01. The Kier molecular flexibility index (Phi) is 3.38. The first-order chi connectivity index (χ1) is 7.32. The number of aromatic hydroxyl groups is 1. The van der Waals surface area contributed by atoms with Crippen LogP contribution in [0, 0.1) is 0 Å². The van der Waals surface area contributed by atoms with Crippen LogP contribution < -0.4 is 4.74 Å². The highest BCUT2D eigenvalue weighted by Crippen LogP contribution is 2.30. The summed E-state index contributed by atoms with van der Waals surface area (Å²) in [4.78, 5) is 11.0. The van der Waals surface area contributed by atoms with Crippen LogP contribution in [0.3, 0.4) is 0 Å². The average molecular weight is 220 g/mol. The summed E-state index contributed by atoms with van der Waals surface area (Å²) in [5, 5.41) is 9.53. The molecular weight excluding hydrogens is 204 g/mol. The van der Waals surface area contributed by atoms with Crippen LogP contribution in [-0.2, 0) is 10.2 Å². The third-order valence-electron chi connectivity index (χ3n) is 2.14. The minimum absolute atomic E-state index is 0.0827. The monoisotopic (exact) mass is 220 g/mol. The molecule has 86 valence electrons. The smallest absolute Gasteiger partial charge is 0.335 e. The van der Waals surface area contributed by atoms with Crippen LogP contribution in [0.5, 0.6) is 11.5 Å². The molecule has 1 N–H and O–H groups in total. The fourth-order valence-electron chi connectivity index (χ4n) is 1.23. The van der Waals surface area contributed by atoms with Crippen LogP contribution in [-0.4, -0.2) is 11.1 Å². The molecule has 1 aromatic carbocycles. The highest BCUT2D eigenvalue weighted by Gasteiger charge is 2.16. The molecule has 0 amide bonds. The van der Waals surface area contributed by atoms with Gasteiger partial charge in [0.05, 0.1) is 0 Å². The van der Waals surface area contributed by atoms with Gasteiger partial charge in [0.25, 0.3) is 0 Å². The van der Waals surface area contributed by atoms with Crippen molar-refractivity contribution in [2.45, 2.75) is 26.2 Å². The summed E-state index contributed by atoms with van der Waals surface area (Å²) in [5.41, 5.74) is 0.785. The molecule has 3 heteroatoms. The van der Waals surface area contributed by atoms with Crippen LogP contribution >= 0.6 is 0 Å². The van der Waals surface area contributed by atoms with E-state index in [1.54, 1.807) is 12.1 Å². The molecule has 0 heterocycles. The normalized spacial score (nSPS) is 10.9. The van der Waals surface area contributed by atoms with Gasteiger partial charge in [-0.15, -0.1) is 0 Å². The lowest BCUT2D eigenvalue weighted by atomic mass is 9.87. The molecule has 0 saturated carbocycles. The van der Waals surface area contributed by atoms with E-state index < -0.39 is 5.97 Å². The molecule has 0 fully saturated rings. The minimum atomic E-state index is -0.537. The van der Waals surface area contributed by atoms with E-state index in [-0.39, 0.29) is 11.2 Å². The first kappa shape index (κ1) is 12.3. The lowest BCUT2D eigenvalue weighted by molar-refractivity contribution is -0.128. The van der Waals surface area contributed by atoms with Crippen molar-refractivity contribution in [2.24, 2.45) is 0 Å². The summed E-state index contributed by atoms with van der Waals surface area (Å²) in [7, 11) is 0. The van der Waals surface area contributed by atoms with Gasteiger partial charge in [-0.2, -0.15) is 0 Å². The van der Waals surface area contributed by atoms with Gasteiger partial charge in [-0.25, -0.2) is 4.79 Å². The van der Waals surface area contributed by atoms with E-state index in [0.29, 0.717) is 5.75 Å². The van der Waals surface area contributed by atoms with Crippen molar-refractivity contribution in [3.8, 4) is 11.5 Å². The van der Waals surface area contributed by atoms with Gasteiger partial charge in [0.1, 0.15) is 11.5 Å². The summed E-state index contributed by atoms with van der Waals surface area (Å²) < 4.78 is 4.96. The first-order valence-electron chi connectivity index (χ1n) is 5.01. The molecule has 0 aromatic heterocycles. The molecule has 0 aliphatic rings. The van der Waals surface area contributed by atoms with Crippen molar-refractivity contribution in [2.75, 3.05) is 0 Å². The number of ether oxygens (including phenoxy) is 1. The second kappa shape index (κ2) is 4.39. The average Bonchev–Trinajstić information content (AvgIpc) is 2.15. The molecular formula is C13H16O3. The van der Waals surface area contributed by atoms with E-state index in [1.165, 1.54) is 6.07 Å². The fraction of sp³-hybridized carbons (Fsp3) is 0.308. The van der Waals surface area contributed by atoms with Gasteiger partial charge in [-0.1, -0.05) is 27.4 Å². The van der Waals surface area contributed by atoms with E-state index in [1.807, 2.05) is 20.8 Å². The zero-order valence-corrected chi connectivity index (χ0v) is 9.78. The Labute approximate surface area is 95.4 Å². The summed E-state index contributed by atoms with van der Waals surface area (Å²) in [6.07, 6.45) is 1.08. The van der Waals surface area contributed by atoms with Gasteiger partial charge in [0.15, 0.2) is 0 Å². The number of esters is 1. The predicted molar refractivity (Wildman–Crippen MR) is 62.6 cm³/mol. The molecule has 0 radical (unpaired) electrons. The summed E-state index contributed by atoms with van der Waals surface area (Å²) in [5.74, 6) is -0.125. The van der Waals surface area contributed by atoms with Crippen molar-refractivity contribution in [3.63, 3.8) is 0 Å². The number of rotatable bonds is 2. The number of carbonyl (C=O) groups excluding carboxylic acids is 1. The molecule has 1 rings (SSSR count). The maximum absolute atomic E-state index is 11.0. The zero-order valence-electron chi connectivity index (χ0n) is 9.78. The van der Waals surface area contributed by atoms with Gasteiger partial charge in [0.2, 0.25) is 0 Å². The Morgan fingerprint density at radius 2 is 2.00 bits per heavy atom. The zero-order chi connectivity index (χ0) is 12.3. The van der Waals surface area contributed by atoms with Crippen LogP contribution in [0.25, 0.3) is 0 Å². The summed E-state index contributed by atoms with van der Waals surface area (Å²) >= 11 is 0. The predicted octanol–water partition coefficient (Wildman–Crippen LogP) is 2.78. The Hall–Kier alpha value is -1.77. The third-order valence-corrected chi connectivity index (χ3v) is 2.14. The molecule has 1 aromatic rings. The maximum atomic E-state index is 11.0. The van der Waals surface area contributed by atoms with Crippen molar-refractivity contribution in [1.82, 2.24) is 0 Å². The van der Waals surface area contributed by atoms with Gasteiger partial charge < -0.3 is 9.84 Å². The molecule has 16 heavy (non-hydrogen) atoms. The molecule has 0 unspecified atom stereocenters. The number of carbonyl (C=O) groups is 1. The molecule has 0 aliphatic heterocycles. The minimum Gasteiger partial charge on any atom is -0.508 e. The van der Waals surface area contributed by atoms with Gasteiger partial charge >= 0.3 is 5.97 Å². The van der Waals surface area contributed by atoms with E-state index in [9.17, 15) is 9.90 Å². The van der Waals surface area contributed by atoms with Crippen LogP contribution in [0.15, 0.2) is 30.9 Å². The van der Waals surface area contributed by atoms with E-state index >= 15 is 0 Å². The Bertz CT molecular complexity index is 414. The third kappa shape index (κ3) is 3.12. The fourth-order valence-corrected chi connectivity index (χ4v) is 1.23. The molecule has 0 bridgehead atoms. The highest BCUT2D eigenvalue weighted by molar-refractivity contribution is 5.83. The summed E-state index contributed by atoms with van der Waals surface area (Å²) in [6, 6.07) is 4.79. The molecule has 3 nitrogen and oxygen atoms in total. The molecule has 0 saturated heterocycles. The number of hydrogen-bond donors (Lipinski definition) is 1. The van der Waals surface area contributed by atoms with E-state index in [2.05, 4.69) is 6.58 Å². The summed E-state index contributed by atoms with van der Waals surface area (Å²) in [6.45, 7) is 9.36. The van der Waals surface area contributed by atoms with Gasteiger partial charge in [-0.05, 0) is 23.1 Å².